The van der Waals surface area contributed by atoms with Crippen LogP contribution >= 0.6 is 0 Å². The second kappa shape index (κ2) is 7.37. The van der Waals surface area contributed by atoms with Crippen LogP contribution in [0.2, 0.25) is 0 Å². The first kappa shape index (κ1) is 20.0. The number of primary amides is 1. The average Bonchev–Trinajstić information content (AvgIpc) is 3.00. The number of nitrogens with two attached hydrogens (primary N) is 1. The number of amides is 2. The lowest BCUT2D eigenvalue weighted by atomic mass is 9.45. The van der Waals surface area contributed by atoms with Gasteiger partial charge in [-0.15, -0.1) is 0 Å². The molecule has 2 aliphatic heterocycles. The number of carbonyl (C=O) groups excluding carboxylic acids is 2. The Bertz CT molecular complexity index is 841. The minimum Gasteiger partial charge on any atom is -0.370 e. The SMILES string of the molecule is CC1(C)C2CCC(CN3CCC(N4C(=O)C(CC(N)=O)c5ccccc54)CC3)C1C2. The quantitative estimate of drug-likeness (QED) is 0.809. The molecule has 0 spiro atoms. The Labute approximate surface area is 180 Å². The molecule has 1 saturated heterocycles. The predicted molar refractivity (Wildman–Crippen MR) is 118 cm³/mol. The van der Waals surface area contributed by atoms with Crippen molar-refractivity contribution in [1.29, 1.82) is 0 Å². The van der Waals surface area contributed by atoms with Crippen molar-refractivity contribution in [2.24, 2.45) is 28.9 Å². The van der Waals surface area contributed by atoms with Crippen molar-refractivity contribution < 1.29 is 9.59 Å². The third kappa shape index (κ3) is 3.17. The van der Waals surface area contributed by atoms with E-state index < -0.39 is 11.8 Å². The summed E-state index contributed by atoms with van der Waals surface area (Å²) in [6.45, 7) is 8.29. The van der Waals surface area contributed by atoms with Crippen LogP contribution in [0.15, 0.2) is 24.3 Å². The first-order chi connectivity index (χ1) is 14.4. The van der Waals surface area contributed by atoms with E-state index in [9.17, 15) is 9.59 Å². The number of carbonyl (C=O) groups is 2. The molecule has 3 aliphatic carbocycles. The summed E-state index contributed by atoms with van der Waals surface area (Å²) < 4.78 is 0. The predicted octanol–water partition coefficient (Wildman–Crippen LogP) is 3.53. The Hall–Kier alpha value is -1.88. The van der Waals surface area contributed by atoms with Gasteiger partial charge in [-0.2, -0.15) is 0 Å². The summed E-state index contributed by atoms with van der Waals surface area (Å²) in [6, 6.07) is 8.16. The maximum atomic E-state index is 13.2. The van der Waals surface area contributed by atoms with Crippen molar-refractivity contribution in [1.82, 2.24) is 4.90 Å². The minimum atomic E-state index is -0.409. The normalized spacial score (nSPS) is 33.3. The van der Waals surface area contributed by atoms with Gasteiger partial charge in [0.05, 0.1) is 5.92 Å². The summed E-state index contributed by atoms with van der Waals surface area (Å²) in [7, 11) is 0. The van der Waals surface area contributed by atoms with Crippen molar-refractivity contribution in [3.63, 3.8) is 0 Å². The molecule has 2 heterocycles. The number of fused-ring (bicyclic) bond motifs is 3. The number of benzene rings is 1. The maximum Gasteiger partial charge on any atom is 0.235 e. The lowest BCUT2D eigenvalue weighted by Gasteiger charge is -2.61. The van der Waals surface area contributed by atoms with Crippen LogP contribution in [0, 0.1) is 23.2 Å². The van der Waals surface area contributed by atoms with Gasteiger partial charge < -0.3 is 15.5 Å². The van der Waals surface area contributed by atoms with Crippen LogP contribution in [-0.2, 0) is 9.59 Å². The number of hydrogen-bond donors (Lipinski definition) is 1. The first-order valence-corrected chi connectivity index (χ1v) is 11.8. The summed E-state index contributed by atoms with van der Waals surface area (Å²) in [4.78, 5) is 29.4. The molecule has 4 fully saturated rings. The van der Waals surface area contributed by atoms with Crippen LogP contribution in [0.3, 0.4) is 0 Å². The number of para-hydroxylation sites is 1. The summed E-state index contributed by atoms with van der Waals surface area (Å²) in [5.41, 5.74) is 7.94. The number of nitrogens with zero attached hydrogens (tertiary/aromatic N) is 2. The van der Waals surface area contributed by atoms with Gasteiger partial charge in [0.1, 0.15) is 0 Å². The van der Waals surface area contributed by atoms with E-state index in [0.717, 1.165) is 54.9 Å². The molecule has 1 aromatic carbocycles. The van der Waals surface area contributed by atoms with E-state index in [1.54, 1.807) is 0 Å². The van der Waals surface area contributed by atoms with Crippen LogP contribution < -0.4 is 10.6 Å². The Morgan fingerprint density at radius 2 is 1.87 bits per heavy atom. The third-order valence-electron chi connectivity index (χ3n) is 8.93. The summed E-state index contributed by atoms with van der Waals surface area (Å²) in [5, 5.41) is 0. The fourth-order valence-corrected chi connectivity index (χ4v) is 7.07. The van der Waals surface area contributed by atoms with Crippen LogP contribution in [0.1, 0.15) is 63.9 Å². The molecular weight excluding hydrogens is 374 g/mol. The van der Waals surface area contributed by atoms with E-state index in [-0.39, 0.29) is 18.4 Å². The van der Waals surface area contributed by atoms with Gasteiger partial charge in [0, 0.05) is 37.8 Å². The van der Waals surface area contributed by atoms with Crippen molar-refractivity contribution in [3.8, 4) is 0 Å². The molecule has 4 atom stereocenters. The highest BCUT2D eigenvalue weighted by Crippen LogP contribution is 2.61. The van der Waals surface area contributed by atoms with Crippen molar-refractivity contribution >= 4 is 17.5 Å². The van der Waals surface area contributed by atoms with Crippen LogP contribution in [-0.4, -0.2) is 42.4 Å². The van der Waals surface area contributed by atoms with Crippen LogP contribution in [0.25, 0.3) is 0 Å². The fourth-order valence-electron chi connectivity index (χ4n) is 7.07. The van der Waals surface area contributed by atoms with E-state index in [1.165, 1.54) is 25.8 Å². The number of piperidine rings is 1. The summed E-state index contributed by atoms with van der Waals surface area (Å²) in [5.74, 6) is 1.94. The molecule has 30 heavy (non-hydrogen) atoms. The Morgan fingerprint density at radius 3 is 2.53 bits per heavy atom. The Balaban J connectivity index is 1.23. The molecule has 1 aromatic rings. The molecule has 0 aromatic heterocycles. The van der Waals surface area contributed by atoms with Gasteiger partial charge in [0.15, 0.2) is 0 Å². The molecule has 2 bridgehead atoms. The average molecular weight is 410 g/mol. The Kier molecular flexibility index (Phi) is 4.92. The number of rotatable bonds is 5. The number of anilines is 1. The van der Waals surface area contributed by atoms with Gasteiger partial charge in [-0.3, -0.25) is 9.59 Å². The zero-order chi connectivity index (χ0) is 21.0. The van der Waals surface area contributed by atoms with Gasteiger partial charge >= 0.3 is 0 Å². The first-order valence-electron chi connectivity index (χ1n) is 11.8. The van der Waals surface area contributed by atoms with Gasteiger partial charge in [-0.05, 0) is 66.9 Å². The second-order valence-corrected chi connectivity index (χ2v) is 10.7. The summed E-state index contributed by atoms with van der Waals surface area (Å²) in [6.07, 6.45) is 6.36. The molecule has 6 rings (SSSR count). The van der Waals surface area contributed by atoms with Crippen LogP contribution in [0.4, 0.5) is 5.69 Å². The molecule has 5 aliphatic rings. The van der Waals surface area contributed by atoms with E-state index in [0.29, 0.717) is 5.41 Å². The van der Waals surface area contributed by atoms with E-state index in [4.69, 9.17) is 5.73 Å². The highest BCUT2D eigenvalue weighted by Gasteiger charge is 2.54. The molecule has 2 N–H and O–H groups in total. The molecule has 3 saturated carbocycles. The fraction of sp³-hybridized carbons (Fsp3) is 0.680. The molecule has 162 valence electrons. The molecule has 4 unspecified atom stereocenters. The van der Waals surface area contributed by atoms with Gasteiger partial charge in [-0.25, -0.2) is 0 Å². The molecule has 2 amide bonds. The standard InChI is InChI=1S/C25H35N3O2/c1-25(2)17-8-7-16(21(25)13-17)15-27-11-9-18(10-12-27)28-22-6-4-3-5-19(22)20(24(28)30)14-23(26)29/h3-6,16-18,20-21H,7-15H2,1-2H3,(H2,26,29). The topological polar surface area (TPSA) is 66.6 Å². The zero-order valence-corrected chi connectivity index (χ0v) is 18.3. The number of likely N-dealkylation sites (tertiary alicyclic amines) is 1. The Morgan fingerprint density at radius 1 is 1.13 bits per heavy atom. The van der Waals surface area contributed by atoms with E-state index in [1.807, 2.05) is 29.2 Å². The zero-order valence-electron chi connectivity index (χ0n) is 18.3. The van der Waals surface area contributed by atoms with Crippen molar-refractivity contribution in [2.45, 2.75) is 64.3 Å². The largest absolute Gasteiger partial charge is 0.370 e. The van der Waals surface area contributed by atoms with Gasteiger partial charge in [-0.1, -0.05) is 32.0 Å². The van der Waals surface area contributed by atoms with E-state index in [2.05, 4.69) is 18.7 Å². The summed E-state index contributed by atoms with van der Waals surface area (Å²) >= 11 is 0. The highest BCUT2D eigenvalue weighted by atomic mass is 16.2. The monoisotopic (exact) mass is 409 g/mol. The van der Waals surface area contributed by atoms with Gasteiger partial charge in [0.2, 0.25) is 11.8 Å². The molecular formula is C25H35N3O2. The number of hydrogen-bond acceptors (Lipinski definition) is 3. The maximum absolute atomic E-state index is 13.2. The third-order valence-corrected chi connectivity index (χ3v) is 8.93. The highest BCUT2D eigenvalue weighted by molar-refractivity contribution is 6.07. The van der Waals surface area contributed by atoms with Crippen molar-refractivity contribution in [2.75, 3.05) is 24.5 Å². The van der Waals surface area contributed by atoms with E-state index >= 15 is 0 Å². The van der Waals surface area contributed by atoms with Crippen molar-refractivity contribution in [3.05, 3.63) is 29.8 Å². The molecule has 5 heteroatoms. The minimum absolute atomic E-state index is 0.0583. The second-order valence-electron chi connectivity index (χ2n) is 10.7. The van der Waals surface area contributed by atoms with Gasteiger partial charge in [0.25, 0.3) is 0 Å². The van der Waals surface area contributed by atoms with Crippen LogP contribution in [0.5, 0.6) is 0 Å². The lowest BCUT2D eigenvalue weighted by molar-refractivity contribution is -0.124. The smallest absolute Gasteiger partial charge is 0.235 e. The molecule has 5 nitrogen and oxygen atoms in total. The molecule has 0 radical (unpaired) electrons. The lowest BCUT2D eigenvalue weighted by Crippen LogP contribution is -2.55.